The number of nitrogens with one attached hydrogen (secondary N) is 2. The van der Waals surface area contributed by atoms with E-state index in [4.69, 9.17) is 4.74 Å². The van der Waals surface area contributed by atoms with Crippen LogP contribution in [0.3, 0.4) is 0 Å². The van der Waals surface area contributed by atoms with Crippen LogP contribution in [-0.2, 0) is 11.0 Å². The Morgan fingerprint density at radius 2 is 1.89 bits per heavy atom. The van der Waals surface area contributed by atoms with Crippen molar-refractivity contribution in [3.63, 3.8) is 0 Å². The van der Waals surface area contributed by atoms with Gasteiger partial charge in [0.1, 0.15) is 17.2 Å². The minimum absolute atomic E-state index is 0.0347. The Kier molecular flexibility index (Phi) is 7.02. The Balaban J connectivity index is 1.43. The second-order valence-corrected chi connectivity index (χ2v) is 8.34. The molecule has 0 saturated carbocycles. The van der Waals surface area contributed by atoms with Crippen LogP contribution in [0.2, 0.25) is 0 Å². The molecule has 2 aromatic carbocycles. The summed E-state index contributed by atoms with van der Waals surface area (Å²) in [5, 5.41) is 2.44. The zero-order chi connectivity index (χ0) is 25.0. The number of H-pyrrole nitrogens is 1. The van der Waals surface area contributed by atoms with Crippen molar-refractivity contribution in [1.29, 1.82) is 0 Å². The Bertz CT molecular complexity index is 1400. The minimum atomic E-state index is -4.54. The number of carbonyl (C=O) groups excluding carboxylic acids is 1. The number of ether oxygens (including phenoxy) is 1. The summed E-state index contributed by atoms with van der Waals surface area (Å²) in [5.41, 5.74) is 1.38. The molecule has 0 aliphatic heterocycles. The highest BCUT2D eigenvalue weighted by Gasteiger charge is 2.33. The Labute approximate surface area is 207 Å². The van der Waals surface area contributed by atoms with Crippen molar-refractivity contribution in [2.24, 2.45) is 0 Å². The van der Waals surface area contributed by atoms with Crippen LogP contribution < -0.4 is 10.1 Å². The number of benzene rings is 2. The molecule has 35 heavy (non-hydrogen) atoms. The number of aryl methyl sites for hydroxylation is 1. The fraction of sp³-hybridized carbons (Fsp3) is 0.0800. The maximum atomic E-state index is 13.1. The highest BCUT2D eigenvalue weighted by atomic mass is 79.9. The molecule has 0 unspecified atom stereocenters. The first-order valence-electron chi connectivity index (χ1n) is 10.3. The smallest absolute Gasteiger partial charge is 0.417 e. The zero-order valence-electron chi connectivity index (χ0n) is 18.2. The van der Waals surface area contributed by atoms with Crippen LogP contribution in [-0.4, -0.2) is 20.9 Å². The average Bonchev–Trinajstić information content (AvgIpc) is 3.25. The van der Waals surface area contributed by atoms with Gasteiger partial charge in [0.05, 0.1) is 5.56 Å². The van der Waals surface area contributed by atoms with E-state index in [9.17, 15) is 18.0 Å². The topological polar surface area (TPSA) is 79.9 Å². The molecular weight excluding hydrogens is 525 g/mol. The lowest BCUT2D eigenvalue weighted by atomic mass is 10.2. The van der Waals surface area contributed by atoms with Gasteiger partial charge in [-0.2, -0.15) is 13.2 Å². The van der Waals surface area contributed by atoms with Crippen molar-refractivity contribution in [2.75, 3.05) is 5.32 Å². The standard InChI is InChI=1S/C25H18BrF3N4O2/c1-15-14-31-24(32-15)22-13-19(9-10-30-22)35-18-4-2-3-16(11-18)5-8-23(34)33-17-6-7-21(26)20(12-17)25(27,28)29/h2-14H,1H3,(H,31,32)(H,33,34). The first kappa shape index (κ1) is 24.2. The maximum absolute atomic E-state index is 13.1. The third kappa shape index (κ3) is 6.36. The second-order valence-electron chi connectivity index (χ2n) is 7.48. The van der Waals surface area contributed by atoms with Gasteiger partial charge in [-0.1, -0.05) is 28.1 Å². The molecular formula is C25H18BrF3N4O2. The van der Waals surface area contributed by atoms with Crippen LogP contribution in [0.15, 0.2) is 77.5 Å². The monoisotopic (exact) mass is 542 g/mol. The number of amides is 1. The number of pyridine rings is 1. The number of anilines is 1. The number of aromatic nitrogens is 3. The molecule has 1 amide bonds. The summed E-state index contributed by atoms with van der Waals surface area (Å²) in [6, 6.07) is 14.0. The van der Waals surface area contributed by atoms with E-state index in [1.54, 1.807) is 48.8 Å². The van der Waals surface area contributed by atoms with E-state index in [2.05, 4.69) is 36.2 Å². The van der Waals surface area contributed by atoms with Gasteiger partial charge in [-0.05, 0) is 55.0 Å². The molecule has 0 fully saturated rings. The van der Waals surface area contributed by atoms with E-state index in [-0.39, 0.29) is 10.2 Å². The number of imidazole rings is 1. The van der Waals surface area contributed by atoms with E-state index in [0.29, 0.717) is 28.6 Å². The van der Waals surface area contributed by atoms with E-state index in [0.717, 1.165) is 11.8 Å². The van der Waals surface area contributed by atoms with E-state index < -0.39 is 17.6 Å². The van der Waals surface area contributed by atoms with Crippen molar-refractivity contribution in [2.45, 2.75) is 13.1 Å². The van der Waals surface area contributed by atoms with Crippen molar-refractivity contribution in [3.8, 4) is 23.0 Å². The Hall–Kier alpha value is -3.92. The third-order valence-electron chi connectivity index (χ3n) is 4.74. The lowest BCUT2D eigenvalue weighted by molar-refractivity contribution is -0.138. The van der Waals surface area contributed by atoms with Crippen LogP contribution in [0.25, 0.3) is 17.6 Å². The predicted octanol–water partition coefficient (Wildman–Crippen LogP) is 7.01. The van der Waals surface area contributed by atoms with Crippen molar-refractivity contribution >= 4 is 33.6 Å². The zero-order valence-corrected chi connectivity index (χ0v) is 19.8. The quantitative estimate of drug-likeness (QED) is 0.257. The first-order valence-corrected chi connectivity index (χ1v) is 11.1. The number of nitrogens with zero attached hydrogens (tertiary/aromatic N) is 2. The molecule has 0 saturated heterocycles. The number of alkyl halides is 3. The first-order chi connectivity index (χ1) is 16.7. The Morgan fingerprint density at radius 1 is 1.09 bits per heavy atom. The average molecular weight is 543 g/mol. The highest BCUT2D eigenvalue weighted by molar-refractivity contribution is 9.10. The fourth-order valence-corrected chi connectivity index (χ4v) is 3.61. The summed E-state index contributed by atoms with van der Waals surface area (Å²) < 4.78 is 45.0. The summed E-state index contributed by atoms with van der Waals surface area (Å²) in [5.74, 6) is 1.14. The van der Waals surface area contributed by atoms with Crippen LogP contribution in [0.1, 0.15) is 16.8 Å². The van der Waals surface area contributed by atoms with Crippen LogP contribution in [0, 0.1) is 6.92 Å². The summed E-state index contributed by atoms with van der Waals surface area (Å²) in [4.78, 5) is 23.9. The van der Waals surface area contributed by atoms with Crippen LogP contribution in [0.4, 0.5) is 18.9 Å². The summed E-state index contributed by atoms with van der Waals surface area (Å²) in [7, 11) is 0. The van der Waals surface area contributed by atoms with E-state index in [1.165, 1.54) is 24.3 Å². The number of carbonyl (C=O) groups is 1. The molecule has 0 aliphatic rings. The number of hydrogen-bond acceptors (Lipinski definition) is 4. The van der Waals surface area contributed by atoms with Gasteiger partial charge in [0.25, 0.3) is 0 Å². The molecule has 0 atom stereocenters. The number of halogens is 4. The van der Waals surface area contributed by atoms with Crippen molar-refractivity contribution in [1.82, 2.24) is 15.0 Å². The number of aromatic amines is 1. The maximum Gasteiger partial charge on any atom is 0.417 e. The number of rotatable bonds is 6. The normalized spacial score (nSPS) is 11.6. The second kappa shape index (κ2) is 10.1. The van der Waals surface area contributed by atoms with Gasteiger partial charge in [-0.25, -0.2) is 4.98 Å². The Morgan fingerprint density at radius 3 is 2.63 bits per heavy atom. The molecule has 178 valence electrons. The summed E-state index contributed by atoms with van der Waals surface area (Å²) in [6.45, 7) is 1.90. The van der Waals surface area contributed by atoms with Crippen molar-refractivity contribution < 1.29 is 22.7 Å². The van der Waals surface area contributed by atoms with E-state index in [1.807, 2.05) is 6.92 Å². The van der Waals surface area contributed by atoms with Gasteiger partial charge in [0.15, 0.2) is 5.82 Å². The molecule has 0 bridgehead atoms. The van der Waals surface area contributed by atoms with Crippen molar-refractivity contribution in [3.05, 3.63) is 94.4 Å². The largest absolute Gasteiger partial charge is 0.457 e. The van der Waals surface area contributed by atoms with Gasteiger partial charge in [-0.15, -0.1) is 0 Å². The molecule has 10 heteroatoms. The predicted molar refractivity (Wildman–Crippen MR) is 130 cm³/mol. The summed E-state index contributed by atoms with van der Waals surface area (Å²) >= 11 is 2.87. The van der Waals surface area contributed by atoms with Crippen LogP contribution >= 0.6 is 15.9 Å². The number of hydrogen-bond donors (Lipinski definition) is 2. The lowest BCUT2D eigenvalue weighted by Crippen LogP contribution is -2.11. The lowest BCUT2D eigenvalue weighted by Gasteiger charge is -2.11. The molecule has 0 spiro atoms. The molecule has 4 aromatic rings. The third-order valence-corrected chi connectivity index (χ3v) is 5.43. The molecule has 2 heterocycles. The summed E-state index contributed by atoms with van der Waals surface area (Å²) in [6.07, 6.45) is 1.56. The minimum Gasteiger partial charge on any atom is -0.457 e. The van der Waals surface area contributed by atoms with Gasteiger partial charge in [0.2, 0.25) is 5.91 Å². The van der Waals surface area contributed by atoms with E-state index >= 15 is 0 Å². The van der Waals surface area contributed by atoms with Gasteiger partial charge >= 0.3 is 6.18 Å². The molecule has 0 radical (unpaired) electrons. The molecule has 4 rings (SSSR count). The molecule has 0 aliphatic carbocycles. The molecule has 2 aromatic heterocycles. The van der Waals surface area contributed by atoms with Gasteiger partial charge < -0.3 is 15.0 Å². The van der Waals surface area contributed by atoms with Gasteiger partial charge in [0, 0.05) is 40.4 Å². The van der Waals surface area contributed by atoms with Gasteiger partial charge in [-0.3, -0.25) is 9.78 Å². The highest BCUT2D eigenvalue weighted by Crippen LogP contribution is 2.36. The molecule has 6 nitrogen and oxygen atoms in total. The SMILES string of the molecule is Cc1cnc(-c2cc(Oc3cccc(C=CC(=O)Nc4ccc(Br)c(C(F)(F)F)c4)c3)ccn2)[nH]1. The van der Waals surface area contributed by atoms with Crippen LogP contribution in [0.5, 0.6) is 11.5 Å². The fourth-order valence-electron chi connectivity index (χ4n) is 3.14. The molecule has 2 N–H and O–H groups in total.